The van der Waals surface area contributed by atoms with Crippen molar-refractivity contribution in [2.45, 2.75) is 56.3 Å². The number of halogens is 1. The normalized spacial score (nSPS) is 31.3. The SMILES string of the molecule is N[C@H]1[C@H]2CCC[C@H]2N(C(=O)O)[C@H]1COC1CCN(c2ncc(F)cn2)CC1. The highest BCUT2D eigenvalue weighted by atomic mass is 19.1. The maximum atomic E-state index is 12.9. The Balaban J connectivity index is 1.30. The van der Waals surface area contributed by atoms with Crippen molar-refractivity contribution in [3.63, 3.8) is 0 Å². The predicted molar refractivity (Wildman–Crippen MR) is 95.9 cm³/mol. The van der Waals surface area contributed by atoms with Gasteiger partial charge >= 0.3 is 6.09 Å². The van der Waals surface area contributed by atoms with E-state index in [1.54, 1.807) is 4.90 Å². The molecule has 3 N–H and O–H groups in total. The molecule has 1 amide bonds. The number of nitrogens with zero attached hydrogens (tertiary/aromatic N) is 4. The van der Waals surface area contributed by atoms with E-state index in [1.807, 2.05) is 4.90 Å². The third-order valence-electron chi connectivity index (χ3n) is 6.24. The lowest BCUT2D eigenvalue weighted by Gasteiger charge is -2.34. The molecule has 4 rings (SSSR count). The average Bonchev–Trinajstić information content (AvgIpc) is 3.23. The van der Waals surface area contributed by atoms with Crippen LogP contribution in [-0.2, 0) is 4.74 Å². The van der Waals surface area contributed by atoms with E-state index in [-0.39, 0.29) is 30.1 Å². The summed E-state index contributed by atoms with van der Waals surface area (Å²) in [6.45, 7) is 1.79. The summed E-state index contributed by atoms with van der Waals surface area (Å²) in [4.78, 5) is 23.3. The number of fused-ring (bicyclic) bond motifs is 1. The van der Waals surface area contributed by atoms with Crippen LogP contribution in [0, 0.1) is 11.7 Å². The fourth-order valence-corrected chi connectivity index (χ4v) is 4.88. The van der Waals surface area contributed by atoms with E-state index in [0.29, 0.717) is 12.6 Å². The molecular weight excluding hydrogens is 353 g/mol. The maximum absolute atomic E-state index is 12.9. The van der Waals surface area contributed by atoms with Gasteiger partial charge in [0.2, 0.25) is 5.95 Å². The Hall–Kier alpha value is -2.00. The summed E-state index contributed by atoms with van der Waals surface area (Å²) in [5, 5.41) is 9.63. The second-order valence-corrected chi connectivity index (χ2v) is 7.72. The molecule has 1 saturated carbocycles. The molecule has 2 aliphatic heterocycles. The van der Waals surface area contributed by atoms with E-state index in [0.717, 1.165) is 45.2 Å². The molecule has 9 heteroatoms. The number of piperidine rings is 1. The van der Waals surface area contributed by atoms with Gasteiger partial charge in [0.25, 0.3) is 0 Å². The molecule has 1 aromatic rings. The van der Waals surface area contributed by atoms with Crippen LogP contribution in [0.2, 0.25) is 0 Å². The molecule has 4 atom stereocenters. The number of carbonyl (C=O) groups is 1. The van der Waals surface area contributed by atoms with Gasteiger partial charge in [-0.1, -0.05) is 6.42 Å². The number of hydrogen-bond donors (Lipinski definition) is 2. The van der Waals surface area contributed by atoms with Crippen LogP contribution in [0.15, 0.2) is 12.4 Å². The molecular formula is C18H26FN5O3. The van der Waals surface area contributed by atoms with Crippen LogP contribution in [0.25, 0.3) is 0 Å². The summed E-state index contributed by atoms with van der Waals surface area (Å²) in [5.41, 5.74) is 6.38. The van der Waals surface area contributed by atoms with Gasteiger partial charge in [-0.2, -0.15) is 0 Å². The van der Waals surface area contributed by atoms with Gasteiger partial charge in [0, 0.05) is 25.2 Å². The Bertz CT molecular complexity index is 667. The zero-order chi connectivity index (χ0) is 19.0. The van der Waals surface area contributed by atoms with Gasteiger partial charge in [0.05, 0.1) is 31.1 Å². The minimum Gasteiger partial charge on any atom is -0.465 e. The Morgan fingerprint density at radius 2 is 1.96 bits per heavy atom. The highest BCUT2D eigenvalue weighted by molar-refractivity contribution is 5.67. The summed E-state index contributed by atoms with van der Waals surface area (Å²) in [6, 6.07) is -0.374. The molecule has 2 saturated heterocycles. The zero-order valence-electron chi connectivity index (χ0n) is 15.2. The number of anilines is 1. The molecule has 3 fully saturated rings. The summed E-state index contributed by atoms with van der Waals surface area (Å²) < 4.78 is 19.0. The van der Waals surface area contributed by atoms with Crippen molar-refractivity contribution in [3.8, 4) is 0 Å². The predicted octanol–water partition coefficient (Wildman–Crippen LogP) is 1.46. The van der Waals surface area contributed by atoms with Gasteiger partial charge in [0.15, 0.2) is 5.82 Å². The van der Waals surface area contributed by atoms with Crippen LogP contribution < -0.4 is 10.6 Å². The molecule has 0 bridgehead atoms. The third kappa shape index (κ3) is 3.58. The number of amides is 1. The van der Waals surface area contributed by atoms with Crippen LogP contribution in [0.5, 0.6) is 0 Å². The molecule has 0 spiro atoms. The summed E-state index contributed by atoms with van der Waals surface area (Å²) in [5.74, 6) is 0.335. The number of nitrogens with two attached hydrogens (primary N) is 1. The topological polar surface area (TPSA) is 105 Å². The molecule has 0 aromatic carbocycles. The molecule has 3 heterocycles. The molecule has 8 nitrogen and oxygen atoms in total. The van der Waals surface area contributed by atoms with E-state index in [9.17, 15) is 14.3 Å². The second kappa shape index (κ2) is 7.55. The number of likely N-dealkylation sites (tertiary alicyclic amines) is 1. The largest absolute Gasteiger partial charge is 0.465 e. The lowest BCUT2D eigenvalue weighted by atomic mass is 9.96. The van der Waals surface area contributed by atoms with Gasteiger partial charge in [0.1, 0.15) is 0 Å². The highest BCUT2D eigenvalue weighted by Gasteiger charge is 2.51. The van der Waals surface area contributed by atoms with Crippen molar-refractivity contribution < 1.29 is 19.0 Å². The van der Waals surface area contributed by atoms with Gasteiger partial charge in [-0.3, -0.25) is 4.90 Å². The quantitative estimate of drug-likeness (QED) is 0.816. The van der Waals surface area contributed by atoms with Gasteiger partial charge in [-0.05, 0) is 31.6 Å². The minimum atomic E-state index is -0.892. The first-order valence-electron chi connectivity index (χ1n) is 9.65. The fraction of sp³-hybridized carbons (Fsp3) is 0.722. The minimum absolute atomic E-state index is 0.0450. The first-order chi connectivity index (χ1) is 13.0. The number of rotatable bonds is 4. The van der Waals surface area contributed by atoms with Crippen LogP contribution in [0.4, 0.5) is 15.1 Å². The number of hydrogen-bond acceptors (Lipinski definition) is 6. The van der Waals surface area contributed by atoms with Gasteiger partial charge in [-0.15, -0.1) is 0 Å². The molecule has 0 radical (unpaired) electrons. The van der Waals surface area contributed by atoms with Crippen molar-refractivity contribution in [2.75, 3.05) is 24.6 Å². The Labute approximate surface area is 157 Å². The Morgan fingerprint density at radius 1 is 1.26 bits per heavy atom. The first kappa shape index (κ1) is 18.4. The van der Waals surface area contributed by atoms with Crippen molar-refractivity contribution in [1.29, 1.82) is 0 Å². The van der Waals surface area contributed by atoms with Crippen LogP contribution in [-0.4, -0.2) is 70.0 Å². The summed E-state index contributed by atoms with van der Waals surface area (Å²) in [7, 11) is 0. The molecule has 3 aliphatic rings. The van der Waals surface area contributed by atoms with E-state index < -0.39 is 11.9 Å². The van der Waals surface area contributed by atoms with Gasteiger partial charge in [-0.25, -0.2) is 19.2 Å². The van der Waals surface area contributed by atoms with E-state index in [1.165, 1.54) is 12.4 Å². The van der Waals surface area contributed by atoms with Crippen molar-refractivity contribution in [1.82, 2.24) is 14.9 Å². The number of ether oxygens (including phenoxy) is 1. The lowest BCUT2D eigenvalue weighted by molar-refractivity contribution is 0.000869. The first-order valence-corrected chi connectivity index (χ1v) is 9.65. The van der Waals surface area contributed by atoms with Crippen LogP contribution >= 0.6 is 0 Å². The molecule has 148 valence electrons. The summed E-state index contributed by atoms with van der Waals surface area (Å²) in [6.07, 6.45) is 6.05. The average molecular weight is 379 g/mol. The monoisotopic (exact) mass is 379 g/mol. The Kier molecular flexibility index (Phi) is 5.14. The molecule has 1 aromatic heterocycles. The summed E-state index contributed by atoms with van der Waals surface area (Å²) >= 11 is 0. The Morgan fingerprint density at radius 3 is 2.63 bits per heavy atom. The highest BCUT2D eigenvalue weighted by Crippen LogP contribution is 2.40. The number of aromatic nitrogens is 2. The smallest absolute Gasteiger partial charge is 0.407 e. The standard InChI is InChI=1S/C18H26FN5O3/c19-11-8-21-17(22-9-11)23-6-4-12(5-7-23)27-10-15-16(20)13-2-1-3-14(13)24(15)18(25)26/h8-9,12-16H,1-7,10,20H2,(H,25,26)/t13-,14+,15-,16-/m0/s1. The van der Waals surface area contributed by atoms with Gasteiger partial charge < -0.3 is 20.5 Å². The molecule has 1 aliphatic carbocycles. The third-order valence-corrected chi connectivity index (χ3v) is 6.24. The van der Waals surface area contributed by atoms with Crippen molar-refractivity contribution in [3.05, 3.63) is 18.2 Å². The van der Waals surface area contributed by atoms with Crippen molar-refractivity contribution >= 4 is 12.0 Å². The van der Waals surface area contributed by atoms with Crippen LogP contribution in [0.3, 0.4) is 0 Å². The zero-order valence-corrected chi connectivity index (χ0v) is 15.2. The molecule has 27 heavy (non-hydrogen) atoms. The maximum Gasteiger partial charge on any atom is 0.407 e. The fourth-order valence-electron chi connectivity index (χ4n) is 4.88. The van der Waals surface area contributed by atoms with Crippen molar-refractivity contribution in [2.24, 2.45) is 11.7 Å². The van der Waals surface area contributed by atoms with E-state index in [2.05, 4.69) is 9.97 Å². The van der Waals surface area contributed by atoms with E-state index >= 15 is 0 Å². The number of carboxylic acid groups (broad SMARTS) is 1. The molecule has 0 unspecified atom stereocenters. The second-order valence-electron chi connectivity index (χ2n) is 7.72. The lowest BCUT2D eigenvalue weighted by Crippen LogP contribution is -2.48. The van der Waals surface area contributed by atoms with E-state index in [4.69, 9.17) is 10.5 Å². The van der Waals surface area contributed by atoms with Crippen LogP contribution in [0.1, 0.15) is 32.1 Å².